The number of piperidine rings is 1. The molecule has 2 atom stereocenters. The molecule has 1 heterocycles. The highest BCUT2D eigenvalue weighted by Gasteiger charge is 2.39. The first kappa shape index (κ1) is 13.4. The quantitative estimate of drug-likeness (QED) is 0.816. The smallest absolute Gasteiger partial charge is 0.0326 e. The Morgan fingerprint density at radius 2 is 1.71 bits per heavy atom. The van der Waals surface area contributed by atoms with Crippen LogP contribution in [-0.4, -0.2) is 30.1 Å². The summed E-state index contributed by atoms with van der Waals surface area (Å²) in [4.78, 5) is 2.74. The number of fused-ring (bicyclic) bond motifs is 1. The standard InChI is InChI=1S/C15H30N2/c1-3-15(4-2,12-16)17-10-9-13-7-5-6-8-14(13)11-17/h13-14H,3-12,16H2,1-2H3. The van der Waals surface area contributed by atoms with E-state index in [1.165, 1.54) is 58.0 Å². The van der Waals surface area contributed by atoms with Crippen molar-refractivity contribution in [3.05, 3.63) is 0 Å². The van der Waals surface area contributed by atoms with Crippen LogP contribution in [0.5, 0.6) is 0 Å². The Bertz CT molecular complexity index is 227. The summed E-state index contributed by atoms with van der Waals surface area (Å²) in [7, 11) is 0. The van der Waals surface area contributed by atoms with Crippen LogP contribution in [-0.2, 0) is 0 Å². The molecule has 2 N–H and O–H groups in total. The van der Waals surface area contributed by atoms with E-state index < -0.39 is 0 Å². The van der Waals surface area contributed by atoms with Gasteiger partial charge < -0.3 is 5.73 Å². The summed E-state index contributed by atoms with van der Waals surface area (Å²) in [6, 6.07) is 0. The third-order valence-electron chi connectivity index (χ3n) is 5.66. The zero-order valence-corrected chi connectivity index (χ0v) is 11.8. The van der Waals surface area contributed by atoms with Crippen LogP contribution in [0, 0.1) is 11.8 Å². The Morgan fingerprint density at radius 1 is 1.06 bits per heavy atom. The normalized spacial score (nSPS) is 31.2. The molecule has 2 fully saturated rings. The maximum absolute atomic E-state index is 6.09. The topological polar surface area (TPSA) is 29.3 Å². The lowest BCUT2D eigenvalue weighted by Gasteiger charge is -2.50. The van der Waals surface area contributed by atoms with Gasteiger partial charge in [-0.15, -0.1) is 0 Å². The van der Waals surface area contributed by atoms with Crippen molar-refractivity contribution in [3.63, 3.8) is 0 Å². The van der Waals surface area contributed by atoms with E-state index in [1.807, 2.05) is 0 Å². The summed E-state index contributed by atoms with van der Waals surface area (Å²) in [6.07, 6.45) is 9.73. The molecule has 17 heavy (non-hydrogen) atoms. The van der Waals surface area contributed by atoms with Crippen molar-refractivity contribution in [3.8, 4) is 0 Å². The average molecular weight is 238 g/mol. The second-order valence-electron chi connectivity index (χ2n) is 6.17. The molecule has 100 valence electrons. The number of hydrogen-bond acceptors (Lipinski definition) is 2. The highest BCUT2D eigenvalue weighted by atomic mass is 15.2. The number of rotatable bonds is 4. The fourth-order valence-corrected chi connectivity index (χ4v) is 4.15. The van der Waals surface area contributed by atoms with E-state index in [1.54, 1.807) is 0 Å². The van der Waals surface area contributed by atoms with Gasteiger partial charge in [0.15, 0.2) is 0 Å². The van der Waals surface area contributed by atoms with Gasteiger partial charge in [0.25, 0.3) is 0 Å². The number of hydrogen-bond donors (Lipinski definition) is 1. The first-order valence-electron chi connectivity index (χ1n) is 7.71. The summed E-state index contributed by atoms with van der Waals surface area (Å²) in [6.45, 7) is 8.06. The third kappa shape index (κ3) is 2.53. The molecular formula is C15H30N2. The predicted octanol–water partition coefficient (Wildman–Crippen LogP) is 3.02. The van der Waals surface area contributed by atoms with Crippen LogP contribution in [0.4, 0.5) is 0 Å². The zero-order chi connectivity index (χ0) is 12.3. The van der Waals surface area contributed by atoms with Crippen LogP contribution >= 0.6 is 0 Å². The van der Waals surface area contributed by atoms with E-state index in [0.29, 0.717) is 5.54 Å². The maximum atomic E-state index is 6.09. The minimum absolute atomic E-state index is 0.294. The minimum atomic E-state index is 0.294. The molecule has 0 aromatic heterocycles. The van der Waals surface area contributed by atoms with E-state index in [-0.39, 0.29) is 0 Å². The summed E-state index contributed by atoms with van der Waals surface area (Å²) >= 11 is 0. The molecule has 2 nitrogen and oxygen atoms in total. The van der Waals surface area contributed by atoms with Crippen LogP contribution in [0.1, 0.15) is 58.8 Å². The van der Waals surface area contributed by atoms with Gasteiger partial charge in [-0.3, -0.25) is 4.90 Å². The molecule has 0 aromatic rings. The fraction of sp³-hybridized carbons (Fsp3) is 1.00. The van der Waals surface area contributed by atoms with Crippen LogP contribution in [0.3, 0.4) is 0 Å². The first-order valence-corrected chi connectivity index (χ1v) is 7.71. The lowest BCUT2D eigenvalue weighted by Crippen LogP contribution is -2.58. The van der Waals surface area contributed by atoms with E-state index in [0.717, 1.165) is 18.4 Å². The summed E-state index contributed by atoms with van der Waals surface area (Å²) in [5.74, 6) is 2.01. The summed E-state index contributed by atoms with van der Waals surface area (Å²) in [5, 5.41) is 0. The van der Waals surface area contributed by atoms with Gasteiger partial charge in [-0.25, -0.2) is 0 Å². The van der Waals surface area contributed by atoms with Gasteiger partial charge in [0.05, 0.1) is 0 Å². The Morgan fingerprint density at radius 3 is 2.29 bits per heavy atom. The van der Waals surface area contributed by atoms with E-state index in [4.69, 9.17) is 5.73 Å². The molecule has 0 bridgehead atoms. The van der Waals surface area contributed by atoms with Crippen LogP contribution in [0.15, 0.2) is 0 Å². The zero-order valence-electron chi connectivity index (χ0n) is 11.8. The molecule has 1 saturated heterocycles. The van der Waals surface area contributed by atoms with Crippen molar-refractivity contribution in [2.45, 2.75) is 64.3 Å². The van der Waals surface area contributed by atoms with E-state index in [9.17, 15) is 0 Å². The van der Waals surface area contributed by atoms with Crippen LogP contribution in [0.2, 0.25) is 0 Å². The van der Waals surface area contributed by atoms with Crippen LogP contribution in [0.25, 0.3) is 0 Å². The summed E-state index contributed by atoms with van der Waals surface area (Å²) in [5.41, 5.74) is 6.38. The lowest BCUT2D eigenvalue weighted by atomic mass is 9.73. The molecule has 0 aromatic carbocycles. The van der Waals surface area contributed by atoms with Crippen molar-refractivity contribution >= 4 is 0 Å². The molecule has 0 radical (unpaired) electrons. The maximum Gasteiger partial charge on any atom is 0.0326 e. The predicted molar refractivity (Wildman–Crippen MR) is 74.0 cm³/mol. The van der Waals surface area contributed by atoms with Crippen molar-refractivity contribution in [2.75, 3.05) is 19.6 Å². The molecule has 1 saturated carbocycles. The van der Waals surface area contributed by atoms with Gasteiger partial charge in [-0.2, -0.15) is 0 Å². The second kappa shape index (κ2) is 5.71. The van der Waals surface area contributed by atoms with E-state index in [2.05, 4.69) is 18.7 Å². The third-order valence-corrected chi connectivity index (χ3v) is 5.66. The summed E-state index contributed by atoms with van der Waals surface area (Å²) < 4.78 is 0. The molecule has 2 aliphatic rings. The Labute approximate surface area is 107 Å². The molecular weight excluding hydrogens is 208 g/mol. The van der Waals surface area contributed by atoms with Gasteiger partial charge in [-0.05, 0) is 44.1 Å². The SMILES string of the molecule is CCC(CC)(CN)N1CCC2CCCCC2C1. The molecule has 2 rings (SSSR count). The molecule has 1 aliphatic carbocycles. The minimum Gasteiger partial charge on any atom is -0.329 e. The molecule has 2 unspecified atom stereocenters. The van der Waals surface area contributed by atoms with Gasteiger partial charge in [0.1, 0.15) is 0 Å². The highest BCUT2D eigenvalue weighted by Crippen LogP contribution is 2.39. The van der Waals surface area contributed by atoms with Crippen molar-refractivity contribution in [2.24, 2.45) is 17.6 Å². The molecule has 0 spiro atoms. The number of nitrogens with two attached hydrogens (primary N) is 1. The highest BCUT2D eigenvalue weighted by molar-refractivity contribution is 4.94. The lowest BCUT2D eigenvalue weighted by molar-refractivity contribution is 0.00283. The largest absolute Gasteiger partial charge is 0.329 e. The number of nitrogens with zero attached hydrogens (tertiary/aromatic N) is 1. The molecule has 1 aliphatic heterocycles. The van der Waals surface area contributed by atoms with E-state index >= 15 is 0 Å². The monoisotopic (exact) mass is 238 g/mol. The van der Waals surface area contributed by atoms with Crippen LogP contribution < -0.4 is 5.73 Å². The van der Waals surface area contributed by atoms with Crippen molar-refractivity contribution in [1.29, 1.82) is 0 Å². The van der Waals surface area contributed by atoms with Gasteiger partial charge in [-0.1, -0.05) is 33.1 Å². The van der Waals surface area contributed by atoms with Gasteiger partial charge in [0, 0.05) is 18.6 Å². The average Bonchev–Trinajstić information content (AvgIpc) is 2.41. The Hall–Kier alpha value is -0.0800. The van der Waals surface area contributed by atoms with Crippen molar-refractivity contribution < 1.29 is 0 Å². The Balaban J connectivity index is 2.02. The second-order valence-corrected chi connectivity index (χ2v) is 6.17. The van der Waals surface area contributed by atoms with Gasteiger partial charge in [0.2, 0.25) is 0 Å². The van der Waals surface area contributed by atoms with Crippen molar-refractivity contribution in [1.82, 2.24) is 4.90 Å². The van der Waals surface area contributed by atoms with Gasteiger partial charge >= 0.3 is 0 Å². The molecule has 2 heteroatoms. The Kier molecular flexibility index (Phi) is 4.48. The number of likely N-dealkylation sites (tertiary alicyclic amines) is 1. The first-order chi connectivity index (χ1) is 8.25. The fourth-order valence-electron chi connectivity index (χ4n) is 4.15. The molecule has 0 amide bonds.